The molecule has 0 saturated carbocycles. The Hall–Kier alpha value is -2.08. The Morgan fingerprint density at radius 3 is 2.91 bits per heavy atom. The number of H-pyrrole nitrogens is 1. The average Bonchev–Trinajstić information content (AvgIpc) is 2.98. The molecule has 1 aliphatic heterocycles. The molecule has 1 aliphatic rings. The summed E-state index contributed by atoms with van der Waals surface area (Å²) in [5.74, 6) is 1.83. The van der Waals surface area contributed by atoms with Crippen LogP contribution >= 0.6 is 0 Å². The first-order valence-electron chi connectivity index (χ1n) is 8.35. The molecule has 3 N–H and O–H groups in total. The summed E-state index contributed by atoms with van der Waals surface area (Å²) in [6.07, 6.45) is 3.91. The molecule has 0 aliphatic carbocycles. The zero-order chi connectivity index (χ0) is 16.2. The Morgan fingerprint density at radius 2 is 2.22 bits per heavy atom. The van der Waals surface area contributed by atoms with Crippen molar-refractivity contribution in [3.63, 3.8) is 0 Å². The second kappa shape index (κ2) is 7.00. The number of carbonyl (C=O) groups is 1. The third kappa shape index (κ3) is 3.64. The third-order valence-corrected chi connectivity index (χ3v) is 4.51. The number of para-hydroxylation sites is 1. The number of hydrogen-bond acceptors (Lipinski definition) is 4. The number of imidazole rings is 1. The van der Waals surface area contributed by atoms with Crippen molar-refractivity contribution in [1.29, 1.82) is 0 Å². The molecule has 2 heterocycles. The van der Waals surface area contributed by atoms with E-state index >= 15 is 0 Å². The molecule has 0 bridgehead atoms. The van der Waals surface area contributed by atoms with Crippen molar-refractivity contribution in [3.05, 3.63) is 24.0 Å². The number of ether oxygens (including phenoxy) is 1. The van der Waals surface area contributed by atoms with Crippen LogP contribution in [0.4, 0.5) is 4.79 Å². The maximum atomic E-state index is 11.0. The lowest BCUT2D eigenvalue weighted by atomic mass is 9.96. The van der Waals surface area contributed by atoms with E-state index in [9.17, 15) is 4.79 Å². The molecule has 1 aromatic carbocycles. The van der Waals surface area contributed by atoms with Gasteiger partial charge >= 0.3 is 6.09 Å². The van der Waals surface area contributed by atoms with Crippen LogP contribution in [0.2, 0.25) is 0 Å². The van der Waals surface area contributed by atoms with Gasteiger partial charge in [-0.2, -0.15) is 0 Å². The molecule has 6 heteroatoms. The van der Waals surface area contributed by atoms with E-state index in [1.165, 1.54) is 19.4 Å². The van der Waals surface area contributed by atoms with Gasteiger partial charge in [-0.3, -0.25) is 0 Å². The summed E-state index contributed by atoms with van der Waals surface area (Å²) in [6, 6.07) is 5.48. The topological polar surface area (TPSA) is 84.2 Å². The van der Waals surface area contributed by atoms with Crippen molar-refractivity contribution in [2.75, 3.05) is 19.6 Å². The minimum Gasteiger partial charge on any atom is -0.408 e. The van der Waals surface area contributed by atoms with Crippen molar-refractivity contribution in [2.24, 2.45) is 5.73 Å². The number of fused-ring (bicyclic) bond motifs is 1. The lowest BCUT2D eigenvalue weighted by Crippen LogP contribution is -2.33. The number of likely N-dealkylation sites (tertiary alicyclic amines) is 1. The number of benzene rings is 1. The van der Waals surface area contributed by atoms with Crippen LogP contribution in [0, 0.1) is 0 Å². The first-order chi connectivity index (χ1) is 11.2. The van der Waals surface area contributed by atoms with Crippen LogP contribution in [0.1, 0.15) is 44.3 Å². The third-order valence-electron chi connectivity index (χ3n) is 4.51. The van der Waals surface area contributed by atoms with Crippen LogP contribution in [0.15, 0.2) is 18.2 Å². The van der Waals surface area contributed by atoms with E-state index in [4.69, 9.17) is 10.5 Å². The number of aromatic nitrogens is 2. The summed E-state index contributed by atoms with van der Waals surface area (Å²) in [5, 5.41) is 0. The van der Waals surface area contributed by atoms with Crippen LogP contribution in [0.5, 0.6) is 5.75 Å². The molecule has 1 fully saturated rings. The summed E-state index contributed by atoms with van der Waals surface area (Å²) in [4.78, 5) is 21.6. The van der Waals surface area contributed by atoms with Gasteiger partial charge in [-0.15, -0.1) is 0 Å². The smallest absolute Gasteiger partial charge is 0.408 e. The van der Waals surface area contributed by atoms with Gasteiger partial charge in [0.05, 0.1) is 5.52 Å². The number of rotatable bonds is 5. The lowest BCUT2D eigenvalue weighted by Gasteiger charge is -2.30. The van der Waals surface area contributed by atoms with Gasteiger partial charge in [-0.05, 0) is 51.0 Å². The highest BCUT2D eigenvalue weighted by Crippen LogP contribution is 2.30. The molecular formula is C17H24N4O2. The zero-order valence-corrected chi connectivity index (χ0v) is 13.5. The number of hydrogen-bond donors (Lipinski definition) is 2. The molecule has 23 heavy (non-hydrogen) atoms. The van der Waals surface area contributed by atoms with E-state index in [0.29, 0.717) is 17.2 Å². The van der Waals surface area contributed by atoms with Gasteiger partial charge in [0.15, 0.2) is 5.75 Å². The molecule has 1 amide bonds. The largest absolute Gasteiger partial charge is 0.410 e. The molecule has 6 nitrogen and oxygen atoms in total. The maximum absolute atomic E-state index is 11.0. The Kier molecular flexibility index (Phi) is 4.81. The molecule has 0 atom stereocenters. The molecule has 2 aromatic rings. The van der Waals surface area contributed by atoms with Crippen LogP contribution in [0.3, 0.4) is 0 Å². The lowest BCUT2D eigenvalue weighted by molar-refractivity contribution is 0.207. The fourth-order valence-corrected chi connectivity index (χ4v) is 3.22. The minimum absolute atomic E-state index is 0.415. The highest BCUT2D eigenvalue weighted by molar-refractivity contribution is 5.84. The van der Waals surface area contributed by atoms with Crippen molar-refractivity contribution in [1.82, 2.24) is 14.9 Å². The first-order valence-corrected chi connectivity index (χ1v) is 8.35. The quantitative estimate of drug-likeness (QED) is 0.888. The number of amides is 1. The zero-order valence-electron chi connectivity index (χ0n) is 13.5. The van der Waals surface area contributed by atoms with E-state index in [1.54, 1.807) is 6.07 Å². The summed E-state index contributed by atoms with van der Waals surface area (Å²) in [6.45, 7) is 5.66. The predicted octanol–water partition coefficient (Wildman–Crippen LogP) is 3.00. The fraction of sp³-hybridized carbons (Fsp3) is 0.529. The highest BCUT2D eigenvalue weighted by Gasteiger charge is 2.23. The van der Waals surface area contributed by atoms with E-state index in [2.05, 4.69) is 21.8 Å². The number of nitrogens with two attached hydrogens (primary N) is 1. The first kappa shape index (κ1) is 15.8. The Balaban J connectivity index is 1.73. The molecule has 3 rings (SSSR count). The van der Waals surface area contributed by atoms with E-state index in [1.807, 2.05) is 12.1 Å². The summed E-state index contributed by atoms with van der Waals surface area (Å²) >= 11 is 0. The molecular weight excluding hydrogens is 292 g/mol. The standard InChI is InChI=1S/C17H24N4O2/c1-2-3-9-21-10-7-12(8-11-21)16-19-13-5-4-6-14(15(13)20-16)23-17(18)22/h4-6,12H,2-3,7-11H2,1H3,(H2,18,22)(H,19,20). The Labute approximate surface area is 136 Å². The van der Waals surface area contributed by atoms with Crippen LogP contribution in [-0.2, 0) is 0 Å². The molecule has 0 radical (unpaired) electrons. The normalized spacial score (nSPS) is 16.7. The summed E-state index contributed by atoms with van der Waals surface area (Å²) in [5.41, 5.74) is 6.67. The monoisotopic (exact) mass is 316 g/mol. The highest BCUT2D eigenvalue weighted by atomic mass is 16.5. The van der Waals surface area contributed by atoms with E-state index in [-0.39, 0.29) is 0 Å². The molecule has 0 spiro atoms. The van der Waals surface area contributed by atoms with Crippen molar-refractivity contribution in [2.45, 2.75) is 38.5 Å². The van der Waals surface area contributed by atoms with Crippen molar-refractivity contribution >= 4 is 17.1 Å². The molecule has 0 unspecified atom stereocenters. The van der Waals surface area contributed by atoms with E-state index in [0.717, 1.165) is 37.3 Å². The fourth-order valence-electron chi connectivity index (χ4n) is 3.22. The van der Waals surface area contributed by atoms with Crippen molar-refractivity contribution < 1.29 is 9.53 Å². The maximum Gasteiger partial charge on any atom is 0.410 e. The van der Waals surface area contributed by atoms with Gasteiger partial charge in [0.2, 0.25) is 0 Å². The predicted molar refractivity (Wildman–Crippen MR) is 89.6 cm³/mol. The minimum atomic E-state index is -0.814. The SMILES string of the molecule is CCCCN1CCC(c2nc3c(OC(N)=O)cccc3[nH]2)CC1. The van der Waals surface area contributed by atoms with Crippen molar-refractivity contribution in [3.8, 4) is 5.75 Å². The molecule has 124 valence electrons. The number of unbranched alkanes of at least 4 members (excludes halogenated alkanes) is 1. The summed E-state index contributed by atoms with van der Waals surface area (Å²) < 4.78 is 5.04. The number of aromatic amines is 1. The second-order valence-electron chi connectivity index (χ2n) is 6.16. The van der Waals surface area contributed by atoms with Crippen LogP contribution in [-0.4, -0.2) is 40.6 Å². The van der Waals surface area contributed by atoms with Gasteiger partial charge in [0.1, 0.15) is 11.3 Å². The Bertz CT molecular complexity index is 674. The van der Waals surface area contributed by atoms with Crippen LogP contribution < -0.4 is 10.5 Å². The number of carbonyl (C=O) groups excluding carboxylic acids is 1. The Morgan fingerprint density at radius 1 is 1.43 bits per heavy atom. The van der Waals surface area contributed by atoms with Crippen LogP contribution in [0.25, 0.3) is 11.0 Å². The van der Waals surface area contributed by atoms with Gasteiger partial charge < -0.3 is 20.4 Å². The van der Waals surface area contributed by atoms with Gasteiger partial charge in [-0.25, -0.2) is 9.78 Å². The average molecular weight is 316 g/mol. The molecule has 1 saturated heterocycles. The second-order valence-corrected chi connectivity index (χ2v) is 6.16. The van der Waals surface area contributed by atoms with Gasteiger partial charge in [0.25, 0.3) is 0 Å². The number of nitrogens with zero attached hydrogens (tertiary/aromatic N) is 2. The van der Waals surface area contributed by atoms with Gasteiger partial charge in [0, 0.05) is 5.92 Å². The van der Waals surface area contributed by atoms with E-state index < -0.39 is 6.09 Å². The number of nitrogens with one attached hydrogen (secondary N) is 1. The molecule has 1 aromatic heterocycles. The number of primary amides is 1. The number of piperidine rings is 1. The van der Waals surface area contributed by atoms with Gasteiger partial charge in [-0.1, -0.05) is 19.4 Å². The summed E-state index contributed by atoms with van der Waals surface area (Å²) in [7, 11) is 0.